The van der Waals surface area contributed by atoms with Gasteiger partial charge in [0.1, 0.15) is 5.82 Å². The molecule has 0 radical (unpaired) electrons. The summed E-state index contributed by atoms with van der Waals surface area (Å²) in [6, 6.07) is 6.15. The normalized spacial score (nSPS) is 12.6. The van der Waals surface area contributed by atoms with Crippen LogP contribution < -0.4 is 11.4 Å². The zero-order valence-corrected chi connectivity index (χ0v) is 10.6. The number of nitrogens with zero attached hydrogens (tertiary/aromatic N) is 2. The third-order valence-corrected chi connectivity index (χ3v) is 3.87. The van der Waals surface area contributed by atoms with Crippen LogP contribution in [0.1, 0.15) is 10.8 Å². The molecule has 0 aliphatic rings. The van der Waals surface area contributed by atoms with Gasteiger partial charge >= 0.3 is 5.69 Å². The number of aromatic amines is 1. The summed E-state index contributed by atoms with van der Waals surface area (Å²) >= 11 is 1.37. The quantitative estimate of drug-likeness (QED) is 0.812. The number of halogens is 1. The first-order chi connectivity index (χ1) is 8.61. The minimum absolute atomic E-state index is 0.0699. The molecule has 0 bridgehead atoms. The molecule has 0 aliphatic carbocycles. The van der Waals surface area contributed by atoms with Gasteiger partial charge in [0.05, 0.1) is 0 Å². The molecule has 96 valence electrons. The fourth-order valence-electron chi connectivity index (χ4n) is 1.49. The lowest BCUT2D eigenvalue weighted by Crippen LogP contribution is -2.14. The summed E-state index contributed by atoms with van der Waals surface area (Å²) in [6.07, 6.45) is 0. The predicted octanol–water partition coefficient (Wildman–Crippen LogP) is 1.04. The lowest BCUT2D eigenvalue weighted by Gasteiger charge is -2.13. The van der Waals surface area contributed by atoms with Crippen molar-refractivity contribution in [3.05, 3.63) is 46.1 Å². The topological polar surface area (TPSA) is 76.7 Å². The average Bonchev–Trinajstić information content (AvgIpc) is 2.69. The molecule has 1 aromatic heterocycles. The van der Waals surface area contributed by atoms with E-state index in [0.717, 1.165) is 5.56 Å². The van der Waals surface area contributed by atoms with Crippen molar-refractivity contribution in [1.29, 1.82) is 0 Å². The SMILES string of the molecule is Cn1c(SC(CN)c2ccc(F)cc2)n[nH]c1=O. The van der Waals surface area contributed by atoms with E-state index in [-0.39, 0.29) is 16.8 Å². The van der Waals surface area contributed by atoms with Gasteiger partial charge in [-0.25, -0.2) is 14.3 Å². The summed E-state index contributed by atoms with van der Waals surface area (Å²) in [5.74, 6) is -0.285. The first-order valence-corrected chi connectivity index (χ1v) is 6.23. The highest BCUT2D eigenvalue weighted by Gasteiger charge is 2.15. The smallest absolute Gasteiger partial charge is 0.329 e. The first-order valence-electron chi connectivity index (χ1n) is 5.35. The van der Waals surface area contributed by atoms with E-state index in [4.69, 9.17) is 5.73 Å². The van der Waals surface area contributed by atoms with E-state index < -0.39 is 0 Å². The minimum Gasteiger partial charge on any atom is -0.329 e. The Kier molecular flexibility index (Phi) is 3.83. The maximum Gasteiger partial charge on any atom is 0.343 e. The van der Waals surface area contributed by atoms with Gasteiger partial charge < -0.3 is 5.73 Å². The summed E-state index contributed by atoms with van der Waals surface area (Å²) in [7, 11) is 1.63. The van der Waals surface area contributed by atoms with Gasteiger partial charge in [-0.05, 0) is 17.7 Å². The number of nitrogens with two attached hydrogens (primary N) is 1. The average molecular weight is 268 g/mol. The van der Waals surface area contributed by atoms with E-state index in [1.807, 2.05) is 0 Å². The van der Waals surface area contributed by atoms with E-state index in [1.165, 1.54) is 28.5 Å². The van der Waals surface area contributed by atoms with Crippen LogP contribution in [0.3, 0.4) is 0 Å². The van der Waals surface area contributed by atoms with Crippen LogP contribution in [0.4, 0.5) is 4.39 Å². The molecule has 0 fully saturated rings. The van der Waals surface area contributed by atoms with Crippen molar-refractivity contribution >= 4 is 11.8 Å². The van der Waals surface area contributed by atoms with E-state index in [2.05, 4.69) is 10.2 Å². The summed E-state index contributed by atoms with van der Waals surface area (Å²) in [5, 5.41) is 6.75. The molecule has 0 spiro atoms. The summed E-state index contributed by atoms with van der Waals surface area (Å²) in [4.78, 5) is 11.2. The van der Waals surface area contributed by atoms with Crippen LogP contribution in [0.5, 0.6) is 0 Å². The Hall–Kier alpha value is -1.60. The second-order valence-electron chi connectivity index (χ2n) is 3.76. The number of hydrogen-bond acceptors (Lipinski definition) is 4. The van der Waals surface area contributed by atoms with Crippen molar-refractivity contribution in [2.45, 2.75) is 10.4 Å². The van der Waals surface area contributed by atoms with E-state index in [1.54, 1.807) is 19.2 Å². The van der Waals surface area contributed by atoms with Crippen LogP contribution in [0.25, 0.3) is 0 Å². The van der Waals surface area contributed by atoms with Crippen molar-refractivity contribution in [2.75, 3.05) is 6.54 Å². The van der Waals surface area contributed by atoms with E-state index in [0.29, 0.717) is 11.7 Å². The molecule has 0 saturated heterocycles. The van der Waals surface area contributed by atoms with Gasteiger partial charge in [-0.1, -0.05) is 23.9 Å². The number of nitrogens with one attached hydrogen (secondary N) is 1. The maximum atomic E-state index is 12.8. The monoisotopic (exact) mass is 268 g/mol. The number of thioether (sulfide) groups is 1. The molecular formula is C11H13FN4OS. The van der Waals surface area contributed by atoms with E-state index >= 15 is 0 Å². The highest BCUT2D eigenvalue weighted by molar-refractivity contribution is 7.99. The second-order valence-corrected chi connectivity index (χ2v) is 4.93. The molecule has 1 unspecified atom stereocenters. The molecule has 2 aromatic rings. The molecule has 0 aliphatic heterocycles. The summed E-state index contributed by atoms with van der Waals surface area (Å²) in [5.41, 5.74) is 6.34. The first kappa shape index (κ1) is 12.8. The van der Waals surface area contributed by atoms with Crippen LogP contribution in [0.2, 0.25) is 0 Å². The zero-order valence-electron chi connectivity index (χ0n) is 9.76. The van der Waals surface area contributed by atoms with Crippen LogP contribution in [0.15, 0.2) is 34.2 Å². The fraction of sp³-hybridized carbons (Fsp3) is 0.273. The Morgan fingerprint density at radius 2 is 2.17 bits per heavy atom. The largest absolute Gasteiger partial charge is 0.343 e. The molecule has 1 atom stereocenters. The number of hydrogen-bond donors (Lipinski definition) is 2. The van der Waals surface area contributed by atoms with Gasteiger partial charge in [0, 0.05) is 18.8 Å². The summed E-state index contributed by atoms with van der Waals surface area (Å²) < 4.78 is 14.3. The Balaban J connectivity index is 2.22. The third kappa shape index (κ3) is 2.62. The number of aromatic nitrogens is 3. The number of H-pyrrole nitrogens is 1. The molecule has 2 rings (SSSR count). The Labute approximate surface area is 107 Å². The number of rotatable bonds is 4. The van der Waals surface area contributed by atoms with Crippen molar-refractivity contribution < 1.29 is 4.39 Å². The minimum atomic E-state index is -0.285. The Morgan fingerprint density at radius 1 is 1.50 bits per heavy atom. The second kappa shape index (κ2) is 5.36. The Bertz CT molecular complexity index is 577. The van der Waals surface area contributed by atoms with Crippen LogP contribution in [-0.4, -0.2) is 21.3 Å². The lowest BCUT2D eigenvalue weighted by molar-refractivity contribution is 0.627. The third-order valence-electron chi connectivity index (χ3n) is 2.54. The van der Waals surface area contributed by atoms with Crippen LogP contribution in [0, 0.1) is 5.82 Å². The molecule has 0 amide bonds. The van der Waals surface area contributed by atoms with Gasteiger partial charge in [0.2, 0.25) is 0 Å². The standard InChI is InChI=1S/C11H13FN4OS/c1-16-10(17)14-15-11(16)18-9(6-13)7-2-4-8(12)5-3-7/h2-5,9H,6,13H2,1H3,(H,14,17). The maximum absolute atomic E-state index is 12.8. The van der Waals surface area contributed by atoms with Crippen molar-refractivity contribution in [3.8, 4) is 0 Å². The van der Waals surface area contributed by atoms with Crippen molar-refractivity contribution in [3.63, 3.8) is 0 Å². The zero-order chi connectivity index (χ0) is 13.1. The van der Waals surface area contributed by atoms with Gasteiger partial charge in [-0.3, -0.25) is 4.57 Å². The summed E-state index contributed by atoms with van der Waals surface area (Å²) in [6.45, 7) is 0.372. The lowest BCUT2D eigenvalue weighted by atomic mass is 10.1. The molecular weight excluding hydrogens is 255 g/mol. The van der Waals surface area contributed by atoms with Gasteiger partial charge in [0.25, 0.3) is 0 Å². The molecule has 0 saturated carbocycles. The Morgan fingerprint density at radius 3 is 2.67 bits per heavy atom. The van der Waals surface area contributed by atoms with Crippen LogP contribution >= 0.6 is 11.8 Å². The molecule has 1 aromatic carbocycles. The van der Waals surface area contributed by atoms with Crippen LogP contribution in [-0.2, 0) is 7.05 Å². The molecule has 7 heteroatoms. The number of benzene rings is 1. The molecule has 18 heavy (non-hydrogen) atoms. The van der Waals surface area contributed by atoms with Crippen molar-refractivity contribution in [1.82, 2.24) is 14.8 Å². The fourth-order valence-corrected chi connectivity index (χ4v) is 2.48. The highest BCUT2D eigenvalue weighted by Crippen LogP contribution is 2.32. The van der Waals surface area contributed by atoms with Gasteiger partial charge in [-0.2, -0.15) is 0 Å². The van der Waals surface area contributed by atoms with Gasteiger partial charge in [0.15, 0.2) is 5.16 Å². The van der Waals surface area contributed by atoms with Crippen molar-refractivity contribution in [2.24, 2.45) is 12.8 Å². The molecule has 3 N–H and O–H groups in total. The highest BCUT2D eigenvalue weighted by atomic mass is 32.2. The van der Waals surface area contributed by atoms with E-state index in [9.17, 15) is 9.18 Å². The predicted molar refractivity (Wildman–Crippen MR) is 67.9 cm³/mol. The molecule has 1 heterocycles. The molecule has 5 nitrogen and oxygen atoms in total. The van der Waals surface area contributed by atoms with Gasteiger partial charge in [-0.15, -0.1) is 5.10 Å².